The van der Waals surface area contributed by atoms with Crippen LogP contribution < -0.4 is 5.73 Å². The first-order valence-electron chi connectivity index (χ1n) is 10.9. The molecule has 1 atom stereocenters. The lowest BCUT2D eigenvalue weighted by Gasteiger charge is -2.34. The maximum atomic E-state index is 6.60. The van der Waals surface area contributed by atoms with Gasteiger partial charge in [-0.05, 0) is 51.3 Å². The molecule has 6 heteroatoms. The molecule has 4 nitrogen and oxygen atoms in total. The van der Waals surface area contributed by atoms with E-state index < -0.39 is 0 Å². The van der Waals surface area contributed by atoms with Gasteiger partial charge in [-0.25, -0.2) is 0 Å². The van der Waals surface area contributed by atoms with Crippen LogP contribution in [-0.4, -0.2) is 42.3 Å². The summed E-state index contributed by atoms with van der Waals surface area (Å²) in [5, 5.41) is 1.22. The SMILES string of the molecule is C/C=C\C/C(N)=C(\CC(CC)OCC)N1CCCCN(C2=C=CC=C(Cl)C=C2Cl)C1. The molecule has 1 saturated heterocycles. The fourth-order valence-corrected chi connectivity index (χ4v) is 4.22. The van der Waals surface area contributed by atoms with Crippen LogP contribution >= 0.6 is 23.2 Å². The molecule has 2 rings (SSSR count). The van der Waals surface area contributed by atoms with Crippen molar-refractivity contribution in [1.29, 1.82) is 0 Å². The van der Waals surface area contributed by atoms with Gasteiger partial charge in [0, 0.05) is 49.0 Å². The zero-order chi connectivity index (χ0) is 21.9. The summed E-state index contributed by atoms with van der Waals surface area (Å²) in [4.78, 5) is 4.67. The third-order valence-corrected chi connectivity index (χ3v) is 5.84. The first-order chi connectivity index (χ1) is 14.5. The van der Waals surface area contributed by atoms with Gasteiger partial charge in [0.2, 0.25) is 0 Å². The number of nitrogens with zero attached hydrogens (tertiary/aromatic N) is 2. The molecule has 0 bridgehead atoms. The molecule has 0 aromatic rings. The van der Waals surface area contributed by atoms with Crippen LogP contribution in [0.25, 0.3) is 0 Å². The molecule has 1 fully saturated rings. The maximum absolute atomic E-state index is 6.60. The normalized spacial score (nSPS) is 19.7. The van der Waals surface area contributed by atoms with E-state index in [0.29, 0.717) is 23.3 Å². The molecule has 30 heavy (non-hydrogen) atoms. The molecule has 0 spiro atoms. The van der Waals surface area contributed by atoms with Gasteiger partial charge in [0.05, 0.1) is 17.8 Å². The van der Waals surface area contributed by atoms with E-state index in [9.17, 15) is 0 Å². The quantitative estimate of drug-likeness (QED) is 0.345. The highest BCUT2D eigenvalue weighted by atomic mass is 35.5. The van der Waals surface area contributed by atoms with Crippen molar-refractivity contribution in [1.82, 2.24) is 9.80 Å². The van der Waals surface area contributed by atoms with Crippen LogP contribution in [-0.2, 0) is 4.74 Å². The summed E-state index contributed by atoms with van der Waals surface area (Å²) < 4.78 is 5.96. The molecule has 0 amide bonds. The van der Waals surface area contributed by atoms with E-state index in [2.05, 4.69) is 28.5 Å². The lowest BCUT2D eigenvalue weighted by atomic mass is 10.1. The van der Waals surface area contributed by atoms with Gasteiger partial charge in [-0.1, -0.05) is 48.0 Å². The number of halogens is 2. The van der Waals surface area contributed by atoms with Crippen molar-refractivity contribution in [3.63, 3.8) is 0 Å². The Labute approximate surface area is 192 Å². The van der Waals surface area contributed by atoms with Crippen molar-refractivity contribution in [2.45, 2.75) is 59.0 Å². The Morgan fingerprint density at radius 1 is 1.30 bits per heavy atom. The van der Waals surface area contributed by atoms with Gasteiger partial charge in [-0.15, -0.1) is 0 Å². The van der Waals surface area contributed by atoms with E-state index >= 15 is 0 Å². The summed E-state index contributed by atoms with van der Waals surface area (Å²) in [6.45, 7) is 9.53. The van der Waals surface area contributed by atoms with Gasteiger partial charge >= 0.3 is 0 Å². The van der Waals surface area contributed by atoms with Crippen LogP contribution in [0.5, 0.6) is 0 Å². The van der Waals surface area contributed by atoms with E-state index in [1.807, 2.05) is 26.0 Å². The van der Waals surface area contributed by atoms with Crippen molar-refractivity contribution in [3.8, 4) is 0 Å². The van der Waals surface area contributed by atoms with Gasteiger partial charge in [-0.2, -0.15) is 0 Å². The van der Waals surface area contributed by atoms with Gasteiger partial charge in [0.25, 0.3) is 0 Å². The van der Waals surface area contributed by atoms with Crippen LogP contribution in [0.15, 0.2) is 63.3 Å². The lowest BCUT2D eigenvalue weighted by molar-refractivity contribution is 0.0532. The summed E-state index contributed by atoms with van der Waals surface area (Å²) >= 11 is 12.7. The first kappa shape index (κ1) is 24.7. The summed E-state index contributed by atoms with van der Waals surface area (Å²) in [6.07, 6.45) is 14.4. The zero-order valence-electron chi connectivity index (χ0n) is 18.5. The molecular formula is C24H35Cl2N3O. The monoisotopic (exact) mass is 451 g/mol. The number of rotatable bonds is 9. The first-order valence-corrected chi connectivity index (χ1v) is 11.7. The summed E-state index contributed by atoms with van der Waals surface area (Å²) in [5.74, 6) is 0. The van der Waals surface area contributed by atoms with Crippen LogP contribution in [0.3, 0.4) is 0 Å². The Balaban J connectivity index is 2.32. The predicted octanol–water partition coefficient (Wildman–Crippen LogP) is 5.98. The van der Waals surface area contributed by atoms with E-state index in [1.54, 1.807) is 12.2 Å². The number of hydrogen-bond donors (Lipinski definition) is 1. The molecule has 1 heterocycles. The summed E-state index contributed by atoms with van der Waals surface area (Å²) in [6, 6.07) is 0. The highest BCUT2D eigenvalue weighted by molar-refractivity contribution is 6.36. The second-order valence-corrected chi connectivity index (χ2v) is 8.36. The van der Waals surface area contributed by atoms with E-state index in [1.165, 1.54) is 5.70 Å². The largest absolute Gasteiger partial charge is 0.400 e. The van der Waals surface area contributed by atoms with Gasteiger partial charge in [0.1, 0.15) is 5.70 Å². The second kappa shape index (κ2) is 13.0. The van der Waals surface area contributed by atoms with Gasteiger partial charge in [-0.3, -0.25) is 0 Å². The third kappa shape index (κ3) is 7.28. The molecule has 166 valence electrons. The Morgan fingerprint density at radius 2 is 2.07 bits per heavy atom. The van der Waals surface area contributed by atoms with Crippen molar-refractivity contribution in [3.05, 3.63) is 63.3 Å². The number of ether oxygens (including phenoxy) is 1. The Kier molecular flexibility index (Phi) is 10.7. The minimum absolute atomic E-state index is 0.161. The second-order valence-electron chi connectivity index (χ2n) is 7.51. The highest BCUT2D eigenvalue weighted by Crippen LogP contribution is 2.28. The van der Waals surface area contributed by atoms with Crippen molar-refractivity contribution < 1.29 is 4.74 Å². The molecule has 0 saturated carbocycles. The molecule has 1 aliphatic carbocycles. The van der Waals surface area contributed by atoms with E-state index in [4.69, 9.17) is 33.7 Å². The molecule has 0 aromatic carbocycles. The predicted molar refractivity (Wildman–Crippen MR) is 128 cm³/mol. The minimum atomic E-state index is 0.161. The smallest absolute Gasteiger partial charge is 0.100 e. The zero-order valence-corrected chi connectivity index (χ0v) is 20.0. The van der Waals surface area contributed by atoms with Crippen molar-refractivity contribution in [2.24, 2.45) is 5.73 Å². The van der Waals surface area contributed by atoms with Crippen LogP contribution in [0.1, 0.15) is 52.9 Å². The Morgan fingerprint density at radius 3 is 2.77 bits per heavy atom. The standard InChI is InChI=1S/C24H35Cl2N3O/c1-4-7-12-22(27)24(17-20(5-2)30-6-3)29-15-9-8-14-28(18-29)23-13-10-11-19(25)16-21(23)26/h4,7,10-11,16,20H,5-6,8-9,12,14-15,17-18,27H2,1-3H3/b7-4-,24-22-. The van der Waals surface area contributed by atoms with Crippen LogP contribution in [0.4, 0.5) is 0 Å². The minimum Gasteiger partial charge on any atom is -0.400 e. The maximum Gasteiger partial charge on any atom is 0.100 e. The summed E-state index contributed by atoms with van der Waals surface area (Å²) in [7, 11) is 0. The van der Waals surface area contributed by atoms with E-state index in [-0.39, 0.29) is 6.10 Å². The molecule has 2 aliphatic rings. The number of hydrogen-bond acceptors (Lipinski definition) is 4. The van der Waals surface area contributed by atoms with Crippen molar-refractivity contribution in [2.75, 3.05) is 26.4 Å². The molecule has 0 aromatic heterocycles. The van der Waals surface area contributed by atoms with Crippen LogP contribution in [0.2, 0.25) is 0 Å². The molecule has 2 N–H and O–H groups in total. The molecule has 1 aliphatic heterocycles. The average molecular weight is 452 g/mol. The molecule has 1 unspecified atom stereocenters. The van der Waals surface area contributed by atoms with Crippen LogP contribution in [0, 0.1) is 0 Å². The Bertz CT molecular complexity index is 760. The summed E-state index contributed by atoms with van der Waals surface area (Å²) in [5.41, 5.74) is 12.9. The average Bonchev–Trinajstić information content (AvgIpc) is 3.06. The highest BCUT2D eigenvalue weighted by Gasteiger charge is 2.24. The lowest BCUT2D eigenvalue weighted by Crippen LogP contribution is -2.37. The van der Waals surface area contributed by atoms with Crippen molar-refractivity contribution >= 4 is 23.2 Å². The number of allylic oxidation sites excluding steroid dienone is 6. The number of nitrogens with two attached hydrogens (primary N) is 1. The van der Waals surface area contributed by atoms with E-state index in [0.717, 1.165) is 56.6 Å². The topological polar surface area (TPSA) is 41.7 Å². The molecular weight excluding hydrogens is 417 g/mol. The third-order valence-electron chi connectivity index (χ3n) is 5.32. The van der Waals surface area contributed by atoms with Gasteiger partial charge < -0.3 is 20.3 Å². The fraction of sp³-hybridized carbons (Fsp3) is 0.542. The fourth-order valence-electron chi connectivity index (χ4n) is 3.70. The Hall–Kier alpha value is -1.58. The molecule has 0 radical (unpaired) electrons. The van der Waals surface area contributed by atoms with Gasteiger partial charge in [0.15, 0.2) is 0 Å².